The lowest BCUT2D eigenvalue weighted by Gasteiger charge is -2.10. The summed E-state index contributed by atoms with van der Waals surface area (Å²) >= 11 is 3.51. The fraction of sp³-hybridized carbons (Fsp3) is 0.0526. The van der Waals surface area contributed by atoms with Crippen LogP contribution in [0.1, 0.15) is 5.56 Å². The smallest absolute Gasteiger partial charge is 0.123 e. The van der Waals surface area contributed by atoms with E-state index in [9.17, 15) is 4.39 Å². The van der Waals surface area contributed by atoms with Gasteiger partial charge in [-0.2, -0.15) is 0 Å². The van der Waals surface area contributed by atoms with E-state index >= 15 is 0 Å². The summed E-state index contributed by atoms with van der Waals surface area (Å²) in [5.41, 5.74) is 2.83. The third-order valence-corrected chi connectivity index (χ3v) is 4.01. The van der Waals surface area contributed by atoms with Gasteiger partial charge in [-0.15, -0.1) is 0 Å². The van der Waals surface area contributed by atoms with Crippen molar-refractivity contribution in [2.75, 3.05) is 0 Å². The third kappa shape index (κ3) is 3.55. The summed E-state index contributed by atoms with van der Waals surface area (Å²) in [5.74, 6) is 0.506. The molecule has 0 aliphatic rings. The maximum atomic E-state index is 13.4. The SMILES string of the molecule is Fc1cccc(-c2cc(OCc3ccccc3)ccc2Br)c1. The monoisotopic (exact) mass is 356 g/mol. The molecule has 0 heterocycles. The van der Waals surface area contributed by atoms with E-state index in [0.29, 0.717) is 6.61 Å². The normalized spacial score (nSPS) is 10.5. The summed E-state index contributed by atoms with van der Waals surface area (Å²) in [6.45, 7) is 0.505. The summed E-state index contributed by atoms with van der Waals surface area (Å²) in [6.07, 6.45) is 0. The molecular formula is C19H14BrFO. The zero-order chi connectivity index (χ0) is 15.4. The van der Waals surface area contributed by atoms with Crippen LogP contribution in [0.4, 0.5) is 4.39 Å². The Hall–Kier alpha value is -2.13. The molecule has 0 aliphatic carbocycles. The van der Waals surface area contributed by atoms with E-state index < -0.39 is 0 Å². The standard InChI is InChI=1S/C19H14BrFO/c20-19-10-9-17(22-13-14-5-2-1-3-6-14)12-18(19)15-7-4-8-16(21)11-15/h1-12H,13H2. The Kier molecular flexibility index (Phi) is 4.54. The lowest BCUT2D eigenvalue weighted by Crippen LogP contribution is -1.95. The van der Waals surface area contributed by atoms with Crippen molar-refractivity contribution in [3.63, 3.8) is 0 Å². The molecule has 110 valence electrons. The van der Waals surface area contributed by atoms with Gasteiger partial charge >= 0.3 is 0 Å². The lowest BCUT2D eigenvalue weighted by molar-refractivity contribution is 0.306. The number of halogens is 2. The summed E-state index contributed by atoms with van der Waals surface area (Å²) < 4.78 is 20.1. The first-order valence-electron chi connectivity index (χ1n) is 6.94. The van der Waals surface area contributed by atoms with E-state index in [4.69, 9.17) is 4.74 Å². The topological polar surface area (TPSA) is 9.23 Å². The fourth-order valence-corrected chi connectivity index (χ4v) is 2.69. The van der Waals surface area contributed by atoms with Crippen molar-refractivity contribution in [2.24, 2.45) is 0 Å². The molecule has 3 rings (SSSR count). The van der Waals surface area contributed by atoms with Crippen LogP contribution in [0.15, 0.2) is 77.3 Å². The Morgan fingerprint density at radius 2 is 1.68 bits per heavy atom. The molecule has 0 bridgehead atoms. The number of benzene rings is 3. The average Bonchev–Trinajstić information content (AvgIpc) is 2.55. The lowest BCUT2D eigenvalue weighted by atomic mass is 10.1. The van der Waals surface area contributed by atoms with E-state index in [1.807, 2.05) is 54.6 Å². The van der Waals surface area contributed by atoms with E-state index in [-0.39, 0.29) is 5.82 Å². The molecule has 0 radical (unpaired) electrons. The summed E-state index contributed by atoms with van der Waals surface area (Å²) in [5, 5.41) is 0. The molecule has 0 aliphatic heterocycles. The van der Waals surface area contributed by atoms with Gasteiger partial charge in [0.2, 0.25) is 0 Å². The summed E-state index contributed by atoms with van der Waals surface area (Å²) in [6, 6.07) is 22.3. The van der Waals surface area contributed by atoms with Gasteiger partial charge in [0, 0.05) is 4.47 Å². The molecule has 0 saturated heterocycles. The van der Waals surface area contributed by atoms with Gasteiger partial charge in [0.05, 0.1) is 0 Å². The van der Waals surface area contributed by atoms with Crippen LogP contribution in [0.5, 0.6) is 5.75 Å². The maximum Gasteiger partial charge on any atom is 0.123 e. The Bertz CT molecular complexity index is 771. The van der Waals surface area contributed by atoms with E-state index in [1.165, 1.54) is 12.1 Å². The van der Waals surface area contributed by atoms with Crippen molar-refractivity contribution in [3.8, 4) is 16.9 Å². The van der Waals surface area contributed by atoms with Crippen molar-refractivity contribution < 1.29 is 9.13 Å². The average molecular weight is 357 g/mol. The third-order valence-electron chi connectivity index (χ3n) is 3.32. The van der Waals surface area contributed by atoms with Gasteiger partial charge in [0.15, 0.2) is 0 Å². The van der Waals surface area contributed by atoms with E-state index in [2.05, 4.69) is 15.9 Å². The molecule has 0 saturated carbocycles. The van der Waals surface area contributed by atoms with Crippen molar-refractivity contribution in [1.29, 1.82) is 0 Å². The number of rotatable bonds is 4. The van der Waals surface area contributed by atoms with Crippen LogP contribution in [-0.4, -0.2) is 0 Å². The van der Waals surface area contributed by atoms with Crippen molar-refractivity contribution in [2.45, 2.75) is 6.61 Å². The van der Waals surface area contributed by atoms with Crippen LogP contribution in [-0.2, 0) is 6.61 Å². The second-order valence-corrected chi connectivity index (χ2v) is 5.78. The van der Waals surface area contributed by atoms with Gasteiger partial charge in [-0.1, -0.05) is 58.4 Å². The fourth-order valence-electron chi connectivity index (χ4n) is 2.21. The highest BCUT2D eigenvalue weighted by atomic mass is 79.9. The first-order chi connectivity index (χ1) is 10.7. The Morgan fingerprint density at radius 1 is 0.864 bits per heavy atom. The summed E-state index contributed by atoms with van der Waals surface area (Å²) in [4.78, 5) is 0. The highest BCUT2D eigenvalue weighted by Gasteiger charge is 2.06. The minimum Gasteiger partial charge on any atom is -0.489 e. The zero-order valence-corrected chi connectivity index (χ0v) is 13.4. The van der Waals surface area contributed by atoms with Crippen molar-refractivity contribution in [3.05, 3.63) is 88.6 Å². The summed E-state index contributed by atoms with van der Waals surface area (Å²) in [7, 11) is 0. The minimum absolute atomic E-state index is 0.250. The molecule has 3 aromatic carbocycles. The Morgan fingerprint density at radius 3 is 2.45 bits per heavy atom. The van der Waals surface area contributed by atoms with Gasteiger partial charge in [0.1, 0.15) is 18.2 Å². The molecule has 1 nitrogen and oxygen atoms in total. The molecule has 3 heteroatoms. The van der Waals surface area contributed by atoms with Crippen LogP contribution in [0.3, 0.4) is 0 Å². The minimum atomic E-state index is -0.250. The highest BCUT2D eigenvalue weighted by Crippen LogP contribution is 2.32. The van der Waals surface area contributed by atoms with Crippen LogP contribution in [0, 0.1) is 5.82 Å². The predicted octanol–water partition coefficient (Wildman–Crippen LogP) is 5.83. The first kappa shape index (κ1) is 14.8. The first-order valence-corrected chi connectivity index (χ1v) is 7.74. The second kappa shape index (κ2) is 6.75. The van der Waals surface area contributed by atoms with E-state index in [1.54, 1.807) is 6.07 Å². The Labute approximate surface area is 137 Å². The highest BCUT2D eigenvalue weighted by molar-refractivity contribution is 9.10. The second-order valence-electron chi connectivity index (χ2n) is 4.93. The van der Waals surface area contributed by atoms with Gasteiger partial charge in [-0.05, 0) is 47.0 Å². The maximum absolute atomic E-state index is 13.4. The number of hydrogen-bond acceptors (Lipinski definition) is 1. The molecule has 0 spiro atoms. The van der Waals surface area contributed by atoms with Gasteiger partial charge < -0.3 is 4.74 Å². The van der Waals surface area contributed by atoms with Crippen LogP contribution < -0.4 is 4.74 Å². The molecule has 0 N–H and O–H groups in total. The molecular weight excluding hydrogens is 343 g/mol. The Balaban J connectivity index is 1.84. The number of hydrogen-bond donors (Lipinski definition) is 0. The number of ether oxygens (including phenoxy) is 1. The van der Waals surface area contributed by atoms with E-state index in [0.717, 1.165) is 26.9 Å². The molecule has 0 amide bonds. The molecule has 22 heavy (non-hydrogen) atoms. The zero-order valence-electron chi connectivity index (χ0n) is 11.8. The van der Waals surface area contributed by atoms with Crippen LogP contribution >= 0.6 is 15.9 Å². The molecule has 0 aromatic heterocycles. The van der Waals surface area contributed by atoms with Gasteiger partial charge in [-0.25, -0.2) is 4.39 Å². The molecule has 0 fully saturated rings. The largest absolute Gasteiger partial charge is 0.489 e. The van der Waals surface area contributed by atoms with Crippen molar-refractivity contribution >= 4 is 15.9 Å². The molecule has 3 aromatic rings. The predicted molar refractivity (Wildman–Crippen MR) is 90.3 cm³/mol. The quantitative estimate of drug-likeness (QED) is 0.570. The molecule has 0 atom stereocenters. The van der Waals surface area contributed by atoms with Gasteiger partial charge in [0.25, 0.3) is 0 Å². The van der Waals surface area contributed by atoms with Crippen LogP contribution in [0.2, 0.25) is 0 Å². The van der Waals surface area contributed by atoms with Crippen molar-refractivity contribution in [1.82, 2.24) is 0 Å². The molecule has 0 unspecified atom stereocenters. The van der Waals surface area contributed by atoms with Gasteiger partial charge in [-0.3, -0.25) is 0 Å². The van der Waals surface area contributed by atoms with Crippen LogP contribution in [0.25, 0.3) is 11.1 Å².